The van der Waals surface area contributed by atoms with Gasteiger partial charge in [-0.05, 0) is 12.1 Å². The topological polar surface area (TPSA) is 47.1 Å². The van der Waals surface area contributed by atoms with Crippen LogP contribution in [0.15, 0.2) is 24.5 Å². The number of H-pyrrole nitrogens is 1. The van der Waals surface area contributed by atoms with Gasteiger partial charge < -0.3 is 14.5 Å². The van der Waals surface area contributed by atoms with Crippen molar-refractivity contribution in [3.63, 3.8) is 0 Å². The maximum absolute atomic E-state index is 6.28. The summed E-state index contributed by atoms with van der Waals surface area (Å²) in [4.78, 5) is 7.29. The van der Waals surface area contributed by atoms with E-state index in [1.807, 2.05) is 24.4 Å². The van der Waals surface area contributed by atoms with E-state index in [4.69, 9.17) is 21.1 Å². The third kappa shape index (κ3) is 2.07. The number of hydrogen-bond acceptors (Lipinski definition) is 3. The number of pyridine rings is 1. The van der Waals surface area contributed by atoms with Crippen LogP contribution in [0.3, 0.4) is 0 Å². The van der Waals surface area contributed by atoms with Gasteiger partial charge in [0, 0.05) is 23.3 Å². The molecule has 2 aromatic heterocycles. The predicted octanol–water partition coefficient (Wildman–Crippen LogP) is 2.60. The minimum absolute atomic E-state index is 0.270. The highest BCUT2D eigenvalue weighted by atomic mass is 35.5. The molecular weight excluding hydrogens is 240 g/mol. The van der Waals surface area contributed by atoms with Crippen molar-refractivity contribution in [3.05, 3.63) is 35.1 Å². The Bertz CT molecular complexity index is 559. The van der Waals surface area contributed by atoms with Crippen molar-refractivity contribution in [2.24, 2.45) is 0 Å². The fourth-order valence-electron chi connectivity index (χ4n) is 1.78. The van der Waals surface area contributed by atoms with Gasteiger partial charge in [0.2, 0.25) is 0 Å². The number of fused-ring (bicyclic) bond motifs is 1. The third-order valence-electron chi connectivity index (χ3n) is 2.63. The summed E-state index contributed by atoms with van der Waals surface area (Å²) in [6.07, 6.45) is 6.99. The first-order chi connectivity index (χ1) is 8.34. The number of nitrogens with zero attached hydrogens (tertiary/aromatic N) is 1. The largest absolute Gasteiger partial charge is 0.347 e. The maximum atomic E-state index is 6.28. The van der Waals surface area contributed by atoms with Crippen LogP contribution in [0.1, 0.15) is 5.56 Å². The van der Waals surface area contributed by atoms with E-state index in [2.05, 4.69) is 9.97 Å². The van der Waals surface area contributed by atoms with E-state index in [1.54, 1.807) is 6.20 Å². The van der Waals surface area contributed by atoms with Crippen molar-refractivity contribution in [1.82, 2.24) is 9.97 Å². The third-order valence-corrected chi connectivity index (χ3v) is 3.05. The molecule has 0 aromatic carbocycles. The van der Waals surface area contributed by atoms with Crippen LogP contribution >= 0.6 is 11.6 Å². The summed E-state index contributed by atoms with van der Waals surface area (Å²) in [5.74, 6) is 0. The Morgan fingerprint density at radius 3 is 3.06 bits per heavy atom. The van der Waals surface area contributed by atoms with Crippen LogP contribution in [-0.4, -0.2) is 29.5 Å². The minimum Gasteiger partial charge on any atom is -0.347 e. The lowest BCUT2D eigenvalue weighted by Crippen LogP contribution is -2.01. The van der Waals surface area contributed by atoms with Crippen molar-refractivity contribution in [2.75, 3.05) is 13.2 Å². The molecule has 0 saturated carbocycles. The number of hydrogen-bond donors (Lipinski definition) is 1. The fraction of sp³-hybridized carbons (Fsp3) is 0.250. The van der Waals surface area contributed by atoms with Gasteiger partial charge in [-0.2, -0.15) is 0 Å². The van der Waals surface area contributed by atoms with Crippen molar-refractivity contribution in [1.29, 1.82) is 0 Å². The normalized spacial score (nSPS) is 17.5. The molecule has 0 amide bonds. The summed E-state index contributed by atoms with van der Waals surface area (Å²) in [6, 6.07) is 1.91. The highest BCUT2D eigenvalue weighted by molar-refractivity contribution is 6.36. The van der Waals surface area contributed by atoms with Crippen molar-refractivity contribution in [3.8, 4) is 0 Å². The van der Waals surface area contributed by atoms with Gasteiger partial charge in [0.05, 0.1) is 18.2 Å². The highest BCUT2D eigenvalue weighted by Gasteiger charge is 2.12. The molecule has 1 aliphatic rings. The van der Waals surface area contributed by atoms with E-state index < -0.39 is 0 Å². The Hall–Kier alpha value is -1.36. The molecule has 3 rings (SSSR count). The summed E-state index contributed by atoms with van der Waals surface area (Å²) in [5.41, 5.74) is 1.65. The van der Waals surface area contributed by atoms with Gasteiger partial charge >= 0.3 is 0 Å². The van der Waals surface area contributed by atoms with Crippen LogP contribution in [0.25, 0.3) is 17.1 Å². The molecule has 4 nitrogen and oxygen atoms in total. The summed E-state index contributed by atoms with van der Waals surface area (Å²) >= 11 is 6.28. The summed E-state index contributed by atoms with van der Waals surface area (Å²) < 4.78 is 10.6. The first-order valence-electron chi connectivity index (χ1n) is 5.37. The van der Waals surface area contributed by atoms with Gasteiger partial charge in [0.15, 0.2) is 6.29 Å². The van der Waals surface area contributed by atoms with E-state index in [0.29, 0.717) is 18.2 Å². The zero-order valence-corrected chi connectivity index (χ0v) is 9.78. The molecule has 88 valence electrons. The fourth-order valence-corrected chi connectivity index (χ4v) is 2.04. The lowest BCUT2D eigenvalue weighted by atomic mass is 10.2. The molecular formula is C12H11ClN2O2. The van der Waals surface area contributed by atoms with E-state index in [1.165, 1.54) is 0 Å². The second-order valence-corrected chi connectivity index (χ2v) is 4.11. The number of nitrogens with one attached hydrogen (secondary N) is 1. The average Bonchev–Trinajstić information content (AvgIpc) is 2.99. The van der Waals surface area contributed by atoms with Gasteiger partial charge in [-0.25, -0.2) is 4.98 Å². The van der Waals surface area contributed by atoms with E-state index >= 15 is 0 Å². The van der Waals surface area contributed by atoms with Crippen LogP contribution < -0.4 is 0 Å². The Morgan fingerprint density at radius 2 is 2.24 bits per heavy atom. The molecule has 1 N–H and O–H groups in total. The Balaban J connectivity index is 1.91. The van der Waals surface area contributed by atoms with Gasteiger partial charge in [-0.3, -0.25) is 0 Å². The molecule has 0 bridgehead atoms. The lowest BCUT2D eigenvalue weighted by molar-refractivity contribution is -0.000907. The molecule has 5 heteroatoms. The average molecular weight is 251 g/mol. The van der Waals surface area contributed by atoms with E-state index in [0.717, 1.165) is 16.6 Å². The number of aromatic nitrogens is 2. The van der Waals surface area contributed by atoms with Gasteiger partial charge in [0.1, 0.15) is 5.65 Å². The SMILES string of the molecule is Clc1c(/C=C/C2OCCO2)cnc2[nH]ccc12. The molecule has 0 unspecified atom stereocenters. The smallest absolute Gasteiger partial charge is 0.177 e. The van der Waals surface area contributed by atoms with Crippen LogP contribution in [0.5, 0.6) is 0 Å². The van der Waals surface area contributed by atoms with Crippen LogP contribution in [0, 0.1) is 0 Å². The number of rotatable bonds is 2. The summed E-state index contributed by atoms with van der Waals surface area (Å²) in [6.45, 7) is 1.27. The first-order valence-corrected chi connectivity index (χ1v) is 5.75. The second kappa shape index (κ2) is 4.49. The number of aromatic amines is 1. The van der Waals surface area contributed by atoms with E-state index in [9.17, 15) is 0 Å². The molecule has 0 aliphatic carbocycles. The van der Waals surface area contributed by atoms with Crippen molar-refractivity contribution >= 4 is 28.7 Å². The van der Waals surface area contributed by atoms with Gasteiger partial charge in [-0.1, -0.05) is 17.7 Å². The zero-order chi connectivity index (χ0) is 11.7. The zero-order valence-electron chi connectivity index (χ0n) is 9.02. The summed E-state index contributed by atoms with van der Waals surface area (Å²) in [5, 5.41) is 1.60. The lowest BCUT2D eigenvalue weighted by Gasteiger charge is -2.03. The summed E-state index contributed by atoms with van der Waals surface area (Å²) in [7, 11) is 0. The molecule has 2 aromatic rings. The number of halogens is 1. The molecule has 3 heterocycles. The van der Waals surface area contributed by atoms with E-state index in [-0.39, 0.29) is 6.29 Å². The van der Waals surface area contributed by atoms with Crippen LogP contribution in [0.2, 0.25) is 5.02 Å². The quantitative estimate of drug-likeness (QED) is 0.891. The molecule has 1 aliphatic heterocycles. The van der Waals surface area contributed by atoms with Crippen LogP contribution in [0.4, 0.5) is 0 Å². The van der Waals surface area contributed by atoms with Gasteiger partial charge in [-0.15, -0.1) is 0 Å². The maximum Gasteiger partial charge on any atom is 0.177 e. The molecule has 0 radical (unpaired) electrons. The molecule has 1 saturated heterocycles. The van der Waals surface area contributed by atoms with Crippen molar-refractivity contribution in [2.45, 2.75) is 6.29 Å². The van der Waals surface area contributed by atoms with Crippen molar-refractivity contribution < 1.29 is 9.47 Å². The predicted molar refractivity (Wildman–Crippen MR) is 65.8 cm³/mol. The monoisotopic (exact) mass is 250 g/mol. The molecule has 0 atom stereocenters. The minimum atomic E-state index is -0.270. The molecule has 1 fully saturated rings. The standard InChI is InChI=1S/C12H11ClN2O2/c13-11-8(1-2-10-16-5-6-17-10)7-15-12-9(11)3-4-14-12/h1-4,7,10H,5-6H2,(H,14,15)/b2-1+. The molecule has 17 heavy (non-hydrogen) atoms. The first kappa shape index (κ1) is 10.8. The second-order valence-electron chi connectivity index (χ2n) is 3.74. The molecule has 0 spiro atoms. The van der Waals surface area contributed by atoms with Crippen LogP contribution in [-0.2, 0) is 9.47 Å². The number of ether oxygens (including phenoxy) is 2. The highest BCUT2D eigenvalue weighted by Crippen LogP contribution is 2.26. The van der Waals surface area contributed by atoms with Gasteiger partial charge in [0.25, 0.3) is 0 Å². The Kier molecular flexibility index (Phi) is 2.84. The Morgan fingerprint density at radius 1 is 1.41 bits per heavy atom. The Labute approximate surface area is 103 Å².